The van der Waals surface area contributed by atoms with Crippen molar-refractivity contribution in [2.45, 2.75) is 13.5 Å². The maximum absolute atomic E-state index is 12.8. The van der Waals surface area contributed by atoms with E-state index >= 15 is 0 Å². The van der Waals surface area contributed by atoms with Gasteiger partial charge in [0.15, 0.2) is 5.82 Å². The first-order chi connectivity index (χ1) is 7.22. The molecule has 5 heteroatoms. The molecular formula is C10H11FN4. The molecule has 2 rings (SSSR count). The van der Waals surface area contributed by atoms with Crippen LogP contribution in [0.2, 0.25) is 0 Å². The highest BCUT2D eigenvalue weighted by molar-refractivity contribution is 5.71. The zero-order valence-electron chi connectivity index (χ0n) is 8.31. The minimum Gasteiger partial charge on any atom is -0.398 e. The van der Waals surface area contributed by atoms with Crippen LogP contribution >= 0.6 is 0 Å². The van der Waals surface area contributed by atoms with Crippen LogP contribution in [-0.4, -0.2) is 14.8 Å². The molecule has 0 bridgehead atoms. The number of hydrogen-bond acceptors (Lipinski definition) is 3. The van der Waals surface area contributed by atoms with Crippen molar-refractivity contribution in [3.8, 4) is 11.4 Å². The summed E-state index contributed by atoms with van der Waals surface area (Å²) in [6.45, 7) is 2.73. The van der Waals surface area contributed by atoms with Crippen LogP contribution in [-0.2, 0) is 6.54 Å². The van der Waals surface area contributed by atoms with E-state index in [0.29, 0.717) is 17.1 Å². The normalized spacial score (nSPS) is 10.5. The highest BCUT2D eigenvalue weighted by Crippen LogP contribution is 2.24. The van der Waals surface area contributed by atoms with Gasteiger partial charge in [0, 0.05) is 17.8 Å². The predicted octanol–water partition coefficient (Wildman–Crippen LogP) is 1.69. The van der Waals surface area contributed by atoms with Gasteiger partial charge in [-0.1, -0.05) is 0 Å². The number of hydrogen-bond donors (Lipinski definition) is 1. The fourth-order valence-electron chi connectivity index (χ4n) is 1.43. The monoisotopic (exact) mass is 206 g/mol. The van der Waals surface area contributed by atoms with Crippen molar-refractivity contribution in [2.24, 2.45) is 0 Å². The Balaban J connectivity index is 2.54. The molecular weight excluding hydrogens is 195 g/mol. The van der Waals surface area contributed by atoms with E-state index in [4.69, 9.17) is 5.73 Å². The molecule has 1 heterocycles. The Morgan fingerprint density at radius 1 is 1.47 bits per heavy atom. The van der Waals surface area contributed by atoms with E-state index in [1.165, 1.54) is 12.1 Å². The molecule has 2 N–H and O–H groups in total. The number of benzene rings is 1. The molecule has 78 valence electrons. The molecule has 0 saturated carbocycles. The van der Waals surface area contributed by atoms with Crippen LogP contribution in [0.5, 0.6) is 0 Å². The fraction of sp³-hybridized carbons (Fsp3) is 0.200. The standard InChI is InChI=1S/C10H11FN4/c1-2-15-6-13-14-10(15)8-4-3-7(11)5-9(8)12/h3-6H,2,12H2,1H3. The highest BCUT2D eigenvalue weighted by atomic mass is 19.1. The second kappa shape index (κ2) is 3.68. The van der Waals surface area contributed by atoms with Crippen LogP contribution in [0.4, 0.5) is 10.1 Å². The van der Waals surface area contributed by atoms with Gasteiger partial charge in [-0.25, -0.2) is 4.39 Å². The molecule has 4 nitrogen and oxygen atoms in total. The first-order valence-electron chi connectivity index (χ1n) is 4.65. The molecule has 0 saturated heterocycles. The molecule has 0 unspecified atom stereocenters. The summed E-state index contributed by atoms with van der Waals surface area (Å²) in [6.07, 6.45) is 1.62. The lowest BCUT2D eigenvalue weighted by Crippen LogP contribution is -1.99. The minimum absolute atomic E-state index is 0.348. The van der Waals surface area contributed by atoms with Crippen molar-refractivity contribution in [3.05, 3.63) is 30.3 Å². The molecule has 1 aromatic carbocycles. The van der Waals surface area contributed by atoms with Gasteiger partial charge in [0.25, 0.3) is 0 Å². The number of aromatic nitrogens is 3. The number of aryl methyl sites for hydroxylation is 1. The molecule has 1 aromatic heterocycles. The van der Waals surface area contributed by atoms with Crippen molar-refractivity contribution in [1.82, 2.24) is 14.8 Å². The van der Waals surface area contributed by atoms with Gasteiger partial charge in [-0.3, -0.25) is 0 Å². The topological polar surface area (TPSA) is 56.7 Å². The minimum atomic E-state index is -0.348. The van der Waals surface area contributed by atoms with Gasteiger partial charge in [0.2, 0.25) is 0 Å². The van der Waals surface area contributed by atoms with Crippen molar-refractivity contribution >= 4 is 5.69 Å². The lowest BCUT2D eigenvalue weighted by Gasteiger charge is -2.06. The Hall–Kier alpha value is -1.91. The molecule has 0 aliphatic carbocycles. The van der Waals surface area contributed by atoms with E-state index in [0.717, 1.165) is 6.54 Å². The lowest BCUT2D eigenvalue weighted by molar-refractivity contribution is 0.628. The second-order valence-electron chi connectivity index (χ2n) is 3.17. The summed E-state index contributed by atoms with van der Waals surface area (Å²) in [6, 6.07) is 4.26. The third-order valence-corrected chi connectivity index (χ3v) is 2.21. The summed E-state index contributed by atoms with van der Waals surface area (Å²) >= 11 is 0. The molecule has 0 fully saturated rings. The number of nitrogens with two attached hydrogens (primary N) is 1. The molecule has 2 aromatic rings. The zero-order valence-corrected chi connectivity index (χ0v) is 8.31. The maximum Gasteiger partial charge on any atom is 0.165 e. The molecule has 0 amide bonds. The van der Waals surface area contributed by atoms with E-state index in [1.54, 1.807) is 12.4 Å². The largest absolute Gasteiger partial charge is 0.398 e. The summed E-state index contributed by atoms with van der Waals surface area (Å²) < 4.78 is 14.7. The smallest absolute Gasteiger partial charge is 0.165 e. The van der Waals surface area contributed by atoms with Crippen molar-refractivity contribution in [3.63, 3.8) is 0 Å². The Kier molecular flexibility index (Phi) is 2.37. The van der Waals surface area contributed by atoms with Crippen molar-refractivity contribution < 1.29 is 4.39 Å². The number of nitrogens with zero attached hydrogens (tertiary/aromatic N) is 3. The van der Waals surface area contributed by atoms with Crippen LogP contribution in [0.1, 0.15) is 6.92 Å². The third kappa shape index (κ3) is 1.68. The zero-order chi connectivity index (χ0) is 10.8. The van der Waals surface area contributed by atoms with Gasteiger partial charge in [-0.2, -0.15) is 0 Å². The number of anilines is 1. The second-order valence-corrected chi connectivity index (χ2v) is 3.17. The van der Waals surface area contributed by atoms with Gasteiger partial charge in [-0.05, 0) is 25.1 Å². The Bertz CT molecular complexity index is 478. The van der Waals surface area contributed by atoms with E-state index in [2.05, 4.69) is 10.2 Å². The van der Waals surface area contributed by atoms with Crippen molar-refractivity contribution in [1.29, 1.82) is 0 Å². The third-order valence-electron chi connectivity index (χ3n) is 2.21. The van der Waals surface area contributed by atoms with Crippen molar-refractivity contribution in [2.75, 3.05) is 5.73 Å². The van der Waals surface area contributed by atoms with Gasteiger partial charge >= 0.3 is 0 Å². The first kappa shape index (κ1) is 9.64. The highest BCUT2D eigenvalue weighted by Gasteiger charge is 2.09. The Labute approximate surface area is 86.6 Å². The molecule has 0 aliphatic rings. The van der Waals surface area contributed by atoms with E-state index < -0.39 is 0 Å². The van der Waals surface area contributed by atoms with Crippen LogP contribution in [0.3, 0.4) is 0 Å². The molecule has 0 spiro atoms. The SMILES string of the molecule is CCn1cnnc1-c1ccc(F)cc1N. The summed E-state index contributed by atoms with van der Waals surface area (Å²) in [5.74, 6) is 0.314. The first-order valence-corrected chi connectivity index (χ1v) is 4.65. The average molecular weight is 206 g/mol. The molecule has 15 heavy (non-hydrogen) atoms. The summed E-state index contributed by atoms with van der Waals surface area (Å²) in [7, 11) is 0. The Morgan fingerprint density at radius 3 is 2.93 bits per heavy atom. The molecule has 0 atom stereocenters. The predicted molar refractivity (Wildman–Crippen MR) is 55.5 cm³/mol. The fourth-order valence-corrected chi connectivity index (χ4v) is 1.43. The van der Waals surface area contributed by atoms with Crippen LogP contribution < -0.4 is 5.73 Å². The summed E-state index contributed by atoms with van der Waals surface area (Å²) in [5, 5.41) is 7.75. The maximum atomic E-state index is 12.8. The summed E-state index contributed by atoms with van der Waals surface area (Å²) in [4.78, 5) is 0. The number of halogens is 1. The average Bonchev–Trinajstić information content (AvgIpc) is 2.65. The van der Waals surface area contributed by atoms with Gasteiger partial charge < -0.3 is 10.3 Å². The van der Waals surface area contributed by atoms with Gasteiger partial charge in [0.1, 0.15) is 12.1 Å². The van der Waals surface area contributed by atoms with Crippen LogP contribution in [0.25, 0.3) is 11.4 Å². The van der Waals surface area contributed by atoms with Crippen LogP contribution in [0.15, 0.2) is 24.5 Å². The van der Waals surface area contributed by atoms with Gasteiger partial charge in [0.05, 0.1) is 0 Å². The number of nitrogen functional groups attached to an aromatic ring is 1. The van der Waals surface area contributed by atoms with Gasteiger partial charge in [-0.15, -0.1) is 10.2 Å². The van der Waals surface area contributed by atoms with Crippen LogP contribution in [0, 0.1) is 5.82 Å². The van der Waals surface area contributed by atoms with E-state index in [1.807, 2.05) is 11.5 Å². The lowest BCUT2D eigenvalue weighted by atomic mass is 10.1. The Morgan fingerprint density at radius 2 is 2.27 bits per heavy atom. The molecule has 0 aliphatic heterocycles. The molecule has 0 radical (unpaired) electrons. The number of rotatable bonds is 2. The van der Waals surface area contributed by atoms with E-state index in [9.17, 15) is 4.39 Å². The quantitative estimate of drug-likeness (QED) is 0.760. The van der Waals surface area contributed by atoms with E-state index in [-0.39, 0.29) is 5.82 Å². The summed E-state index contributed by atoms with van der Waals surface area (Å²) in [5.41, 5.74) is 6.79.